The Morgan fingerprint density at radius 2 is 1.87 bits per heavy atom. The van der Waals surface area contributed by atoms with Crippen molar-refractivity contribution in [2.75, 3.05) is 13.2 Å². The largest absolute Gasteiger partial charge is 0.395 e. The number of hydrogen-bond donors (Lipinski definition) is 2. The van der Waals surface area contributed by atoms with Crippen LogP contribution in [0.15, 0.2) is 24.3 Å². The first-order valence-electron chi connectivity index (χ1n) is 5.71. The van der Waals surface area contributed by atoms with Crippen LogP contribution >= 0.6 is 0 Å². The van der Waals surface area contributed by atoms with Gasteiger partial charge in [0, 0.05) is 5.41 Å². The highest BCUT2D eigenvalue weighted by Gasteiger charge is 2.43. The molecule has 1 aliphatic rings. The van der Waals surface area contributed by atoms with Gasteiger partial charge in [-0.15, -0.1) is 0 Å². The van der Waals surface area contributed by atoms with Gasteiger partial charge in [0.25, 0.3) is 0 Å². The molecule has 2 rings (SSSR count). The van der Waals surface area contributed by atoms with Crippen LogP contribution in [0, 0.1) is 0 Å². The lowest BCUT2D eigenvalue weighted by Crippen LogP contribution is -2.11. The maximum absolute atomic E-state index is 9.30. The summed E-state index contributed by atoms with van der Waals surface area (Å²) in [4.78, 5) is 0. The number of aliphatic hydroxyl groups excluding tert-OH is 1. The number of nitrogens with two attached hydrogens (primary N) is 1. The van der Waals surface area contributed by atoms with E-state index in [1.54, 1.807) is 0 Å². The van der Waals surface area contributed by atoms with Crippen LogP contribution in [-0.4, -0.2) is 18.3 Å². The smallest absolute Gasteiger partial charge is 0.0527 e. The molecule has 1 aliphatic carbocycles. The molecule has 2 heteroatoms. The highest BCUT2D eigenvalue weighted by atomic mass is 16.3. The Balaban J connectivity index is 2.04. The predicted molar refractivity (Wildman–Crippen MR) is 61.8 cm³/mol. The van der Waals surface area contributed by atoms with E-state index in [0.717, 1.165) is 32.2 Å². The van der Waals surface area contributed by atoms with Crippen molar-refractivity contribution >= 4 is 0 Å². The summed E-state index contributed by atoms with van der Waals surface area (Å²) in [6.45, 7) is 1.04. The Labute approximate surface area is 91.1 Å². The van der Waals surface area contributed by atoms with E-state index in [1.165, 1.54) is 11.1 Å². The van der Waals surface area contributed by atoms with Crippen molar-refractivity contribution in [2.45, 2.75) is 31.1 Å². The second kappa shape index (κ2) is 4.33. The lowest BCUT2D eigenvalue weighted by Gasteiger charge is -2.12. The third kappa shape index (κ3) is 2.21. The van der Waals surface area contributed by atoms with E-state index < -0.39 is 0 Å². The van der Waals surface area contributed by atoms with Crippen LogP contribution in [-0.2, 0) is 11.8 Å². The Kier molecular flexibility index (Phi) is 3.08. The number of benzene rings is 1. The zero-order valence-electron chi connectivity index (χ0n) is 9.08. The molecule has 0 bridgehead atoms. The molecule has 1 aromatic carbocycles. The molecule has 0 amide bonds. The standard InChI is InChI=1S/C13H19NO/c14-9-1-2-11-3-5-12(6-4-11)13(10-15)7-8-13/h3-6,15H,1-2,7-10,14H2. The highest BCUT2D eigenvalue weighted by Crippen LogP contribution is 2.47. The van der Waals surface area contributed by atoms with Crippen LogP contribution in [0.2, 0.25) is 0 Å². The van der Waals surface area contributed by atoms with Gasteiger partial charge in [0.1, 0.15) is 0 Å². The number of hydrogen-bond acceptors (Lipinski definition) is 2. The predicted octanol–water partition coefficient (Wildman–Crippen LogP) is 1.60. The lowest BCUT2D eigenvalue weighted by atomic mass is 9.95. The summed E-state index contributed by atoms with van der Waals surface area (Å²) in [5.74, 6) is 0. The van der Waals surface area contributed by atoms with Crippen molar-refractivity contribution < 1.29 is 5.11 Å². The van der Waals surface area contributed by atoms with Crippen molar-refractivity contribution in [3.8, 4) is 0 Å². The first-order valence-corrected chi connectivity index (χ1v) is 5.71. The Morgan fingerprint density at radius 3 is 2.33 bits per heavy atom. The molecular formula is C13H19NO. The van der Waals surface area contributed by atoms with Gasteiger partial charge in [0.2, 0.25) is 0 Å². The molecule has 0 spiro atoms. The van der Waals surface area contributed by atoms with E-state index in [1.807, 2.05) is 0 Å². The SMILES string of the molecule is NCCCc1ccc(C2(CO)CC2)cc1. The molecule has 0 aromatic heterocycles. The van der Waals surface area contributed by atoms with Gasteiger partial charge in [0.15, 0.2) is 0 Å². The topological polar surface area (TPSA) is 46.2 Å². The van der Waals surface area contributed by atoms with Gasteiger partial charge < -0.3 is 10.8 Å². The van der Waals surface area contributed by atoms with Crippen molar-refractivity contribution in [3.63, 3.8) is 0 Å². The Morgan fingerprint density at radius 1 is 1.20 bits per heavy atom. The fraction of sp³-hybridized carbons (Fsp3) is 0.538. The molecule has 0 unspecified atom stereocenters. The summed E-state index contributed by atoms with van der Waals surface area (Å²) in [6, 6.07) is 8.66. The van der Waals surface area contributed by atoms with Crippen molar-refractivity contribution in [3.05, 3.63) is 35.4 Å². The zero-order valence-corrected chi connectivity index (χ0v) is 9.08. The van der Waals surface area contributed by atoms with Gasteiger partial charge >= 0.3 is 0 Å². The van der Waals surface area contributed by atoms with Crippen LogP contribution in [0.25, 0.3) is 0 Å². The second-order valence-electron chi connectivity index (χ2n) is 4.53. The minimum atomic E-state index is 0.104. The first-order chi connectivity index (χ1) is 7.30. The molecule has 0 aliphatic heterocycles. The average molecular weight is 205 g/mol. The van der Waals surface area contributed by atoms with E-state index >= 15 is 0 Å². The molecule has 0 heterocycles. The van der Waals surface area contributed by atoms with Crippen molar-refractivity contribution in [1.82, 2.24) is 0 Å². The van der Waals surface area contributed by atoms with Gasteiger partial charge in [-0.05, 0) is 43.4 Å². The number of aryl methyl sites for hydroxylation is 1. The summed E-state index contributed by atoms with van der Waals surface area (Å²) >= 11 is 0. The van der Waals surface area contributed by atoms with Gasteiger partial charge in [-0.2, -0.15) is 0 Å². The van der Waals surface area contributed by atoms with E-state index in [0.29, 0.717) is 0 Å². The molecule has 15 heavy (non-hydrogen) atoms. The second-order valence-corrected chi connectivity index (χ2v) is 4.53. The molecule has 0 atom stereocenters. The normalized spacial score (nSPS) is 17.7. The molecule has 0 saturated heterocycles. The first kappa shape index (κ1) is 10.7. The zero-order chi connectivity index (χ0) is 10.7. The maximum atomic E-state index is 9.30. The molecule has 82 valence electrons. The fourth-order valence-electron chi connectivity index (χ4n) is 2.02. The van der Waals surface area contributed by atoms with Gasteiger partial charge in [-0.1, -0.05) is 24.3 Å². The third-order valence-corrected chi connectivity index (χ3v) is 3.39. The minimum Gasteiger partial charge on any atom is -0.395 e. The Hall–Kier alpha value is -0.860. The van der Waals surface area contributed by atoms with Crippen LogP contribution in [0.4, 0.5) is 0 Å². The maximum Gasteiger partial charge on any atom is 0.0527 e. The molecule has 2 nitrogen and oxygen atoms in total. The third-order valence-electron chi connectivity index (χ3n) is 3.39. The molecule has 3 N–H and O–H groups in total. The minimum absolute atomic E-state index is 0.104. The quantitative estimate of drug-likeness (QED) is 0.767. The Bertz CT molecular complexity index is 314. The molecule has 1 fully saturated rings. The van der Waals surface area contributed by atoms with Gasteiger partial charge in [-0.25, -0.2) is 0 Å². The summed E-state index contributed by atoms with van der Waals surface area (Å²) in [5.41, 5.74) is 8.22. The average Bonchev–Trinajstić information content (AvgIpc) is 3.08. The lowest BCUT2D eigenvalue weighted by molar-refractivity contribution is 0.255. The summed E-state index contributed by atoms with van der Waals surface area (Å²) in [7, 11) is 0. The van der Waals surface area contributed by atoms with Crippen LogP contribution in [0.5, 0.6) is 0 Å². The number of aliphatic hydroxyl groups is 1. The molecule has 0 radical (unpaired) electrons. The van der Waals surface area contributed by atoms with Gasteiger partial charge in [0.05, 0.1) is 6.61 Å². The van der Waals surface area contributed by atoms with E-state index in [2.05, 4.69) is 24.3 Å². The van der Waals surface area contributed by atoms with E-state index in [4.69, 9.17) is 5.73 Å². The number of rotatable bonds is 5. The van der Waals surface area contributed by atoms with Crippen LogP contribution in [0.3, 0.4) is 0 Å². The summed E-state index contributed by atoms with van der Waals surface area (Å²) < 4.78 is 0. The summed E-state index contributed by atoms with van der Waals surface area (Å²) in [6.07, 6.45) is 4.37. The molecule has 1 aromatic rings. The summed E-state index contributed by atoms with van der Waals surface area (Å²) in [5, 5.41) is 9.30. The van der Waals surface area contributed by atoms with Crippen LogP contribution < -0.4 is 5.73 Å². The fourth-order valence-corrected chi connectivity index (χ4v) is 2.02. The highest BCUT2D eigenvalue weighted by molar-refractivity contribution is 5.33. The monoisotopic (exact) mass is 205 g/mol. The van der Waals surface area contributed by atoms with Crippen molar-refractivity contribution in [2.24, 2.45) is 5.73 Å². The van der Waals surface area contributed by atoms with Gasteiger partial charge in [-0.3, -0.25) is 0 Å². The van der Waals surface area contributed by atoms with Crippen LogP contribution in [0.1, 0.15) is 30.4 Å². The van der Waals surface area contributed by atoms with E-state index in [9.17, 15) is 5.11 Å². The molecular weight excluding hydrogens is 186 g/mol. The van der Waals surface area contributed by atoms with E-state index in [-0.39, 0.29) is 12.0 Å². The molecule has 1 saturated carbocycles. The van der Waals surface area contributed by atoms with Crippen molar-refractivity contribution in [1.29, 1.82) is 0 Å².